The van der Waals surface area contributed by atoms with Crippen molar-refractivity contribution < 1.29 is 13.9 Å². The number of carbonyl (C=O) groups is 1. The lowest BCUT2D eigenvalue weighted by molar-refractivity contribution is 0.0735. The van der Waals surface area contributed by atoms with Crippen LogP contribution in [0.2, 0.25) is 10.0 Å². The first-order valence-corrected chi connectivity index (χ1v) is 8.41. The highest BCUT2D eigenvalue weighted by molar-refractivity contribution is 6.36. The molecule has 0 saturated heterocycles. The van der Waals surface area contributed by atoms with E-state index in [4.69, 9.17) is 32.4 Å². The van der Waals surface area contributed by atoms with Crippen LogP contribution in [0.1, 0.15) is 10.4 Å². The molecule has 4 nitrogen and oxygen atoms in total. The van der Waals surface area contributed by atoms with E-state index in [9.17, 15) is 9.59 Å². The molecule has 0 aliphatic heterocycles. The second-order valence-corrected chi connectivity index (χ2v) is 6.45. The summed E-state index contributed by atoms with van der Waals surface area (Å²) in [7, 11) is 0. The largest absolute Gasteiger partial charge is 0.423 e. The molecule has 1 heterocycles. The summed E-state index contributed by atoms with van der Waals surface area (Å²) >= 11 is 11.9. The van der Waals surface area contributed by atoms with Crippen molar-refractivity contribution in [1.82, 2.24) is 0 Å². The maximum atomic E-state index is 12.3. The summed E-state index contributed by atoms with van der Waals surface area (Å²) in [6, 6.07) is 16.6. The predicted octanol–water partition coefficient (Wildman–Crippen LogP) is 5.47. The summed E-state index contributed by atoms with van der Waals surface area (Å²) in [4.78, 5) is 24.4. The van der Waals surface area contributed by atoms with Crippen LogP contribution < -0.4 is 10.4 Å². The standard InChI is InChI=1S/C20H10Cl2O4/c21-11-5-7-16(17(22)9-11)20(24)25-12-6-8-14-13-3-1-2-4-15(13)19(23)26-18(14)10-12/h1-10H. The number of benzene rings is 3. The monoisotopic (exact) mass is 384 g/mol. The third-order valence-electron chi connectivity index (χ3n) is 3.95. The number of fused-ring (bicyclic) bond motifs is 3. The van der Waals surface area contributed by atoms with Gasteiger partial charge in [-0.1, -0.05) is 41.4 Å². The maximum absolute atomic E-state index is 12.3. The molecule has 0 fully saturated rings. The quantitative estimate of drug-likeness (QED) is 0.199. The third-order valence-corrected chi connectivity index (χ3v) is 4.50. The van der Waals surface area contributed by atoms with Crippen LogP contribution in [0.5, 0.6) is 5.75 Å². The minimum Gasteiger partial charge on any atom is -0.423 e. The van der Waals surface area contributed by atoms with E-state index in [2.05, 4.69) is 0 Å². The Kier molecular flexibility index (Phi) is 4.15. The van der Waals surface area contributed by atoms with Crippen LogP contribution in [-0.2, 0) is 0 Å². The summed E-state index contributed by atoms with van der Waals surface area (Å²) in [6.45, 7) is 0. The van der Waals surface area contributed by atoms with Crippen LogP contribution in [0.4, 0.5) is 0 Å². The zero-order valence-electron chi connectivity index (χ0n) is 13.2. The summed E-state index contributed by atoms with van der Waals surface area (Å²) in [5, 5.41) is 2.64. The molecular weight excluding hydrogens is 375 g/mol. The Balaban J connectivity index is 1.75. The molecule has 4 aromatic rings. The molecular formula is C20H10Cl2O4. The summed E-state index contributed by atoms with van der Waals surface area (Å²) in [5.41, 5.74) is 0.0784. The molecule has 6 heteroatoms. The van der Waals surface area contributed by atoms with Gasteiger partial charge < -0.3 is 9.15 Å². The third kappa shape index (κ3) is 2.94. The lowest BCUT2D eigenvalue weighted by Gasteiger charge is -2.08. The Morgan fingerprint density at radius 2 is 1.65 bits per heavy atom. The van der Waals surface area contributed by atoms with Crippen molar-refractivity contribution in [2.24, 2.45) is 0 Å². The Hall–Kier alpha value is -2.82. The van der Waals surface area contributed by atoms with E-state index in [0.29, 0.717) is 16.0 Å². The molecule has 0 amide bonds. The summed E-state index contributed by atoms with van der Waals surface area (Å²) < 4.78 is 10.7. The number of hydrogen-bond acceptors (Lipinski definition) is 4. The second kappa shape index (κ2) is 6.48. The van der Waals surface area contributed by atoms with Gasteiger partial charge >= 0.3 is 11.6 Å². The minimum absolute atomic E-state index is 0.191. The molecule has 0 aliphatic rings. The zero-order chi connectivity index (χ0) is 18.3. The van der Waals surface area contributed by atoms with Crippen molar-refractivity contribution in [3.63, 3.8) is 0 Å². The van der Waals surface area contributed by atoms with Gasteiger partial charge in [0.05, 0.1) is 16.0 Å². The smallest absolute Gasteiger partial charge is 0.345 e. The first-order valence-electron chi connectivity index (χ1n) is 7.66. The van der Waals surface area contributed by atoms with Gasteiger partial charge in [0.2, 0.25) is 0 Å². The first kappa shape index (κ1) is 16.6. The highest BCUT2D eigenvalue weighted by atomic mass is 35.5. The SMILES string of the molecule is O=C(Oc1ccc2c(c1)oc(=O)c1ccccc12)c1ccc(Cl)cc1Cl. The maximum Gasteiger partial charge on any atom is 0.345 e. The van der Waals surface area contributed by atoms with Gasteiger partial charge in [-0.05, 0) is 41.8 Å². The lowest BCUT2D eigenvalue weighted by Crippen LogP contribution is -2.09. The van der Waals surface area contributed by atoms with Crippen molar-refractivity contribution >= 4 is 50.9 Å². The lowest BCUT2D eigenvalue weighted by atomic mass is 10.1. The Morgan fingerprint density at radius 3 is 2.42 bits per heavy atom. The molecule has 0 radical (unpaired) electrons. The number of rotatable bonds is 2. The number of hydrogen-bond donors (Lipinski definition) is 0. The average Bonchev–Trinajstić information content (AvgIpc) is 2.61. The zero-order valence-corrected chi connectivity index (χ0v) is 14.7. The van der Waals surface area contributed by atoms with Crippen LogP contribution in [0, 0.1) is 0 Å². The van der Waals surface area contributed by atoms with Crippen molar-refractivity contribution in [2.45, 2.75) is 0 Å². The highest BCUT2D eigenvalue weighted by Gasteiger charge is 2.14. The normalized spacial score (nSPS) is 11.0. The molecule has 4 rings (SSSR count). The van der Waals surface area contributed by atoms with Crippen LogP contribution in [0.25, 0.3) is 21.7 Å². The fraction of sp³-hybridized carbons (Fsp3) is 0. The minimum atomic E-state index is -0.630. The molecule has 3 aromatic carbocycles. The van der Waals surface area contributed by atoms with Crippen molar-refractivity contribution in [3.05, 3.63) is 86.7 Å². The Labute approximate surface area is 157 Å². The van der Waals surface area contributed by atoms with Gasteiger partial charge in [-0.25, -0.2) is 9.59 Å². The van der Waals surface area contributed by atoms with E-state index in [-0.39, 0.29) is 16.3 Å². The number of ether oxygens (including phenoxy) is 1. The molecule has 0 N–H and O–H groups in total. The molecule has 0 saturated carbocycles. The molecule has 0 bridgehead atoms. The fourth-order valence-electron chi connectivity index (χ4n) is 2.74. The van der Waals surface area contributed by atoms with Crippen LogP contribution in [0.3, 0.4) is 0 Å². The molecule has 128 valence electrons. The van der Waals surface area contributed by atoms with Gasteiger partial charge in [0, 0.05) is 16.5 Å². The van der Waals surface area contributed by atoms with Crippen molar-refractivity contribution in [3.8, 4) is 5.75 Å². The van der Waals surface area contributed by atoms with Gasteiger partial charge in [0.1, 0.15) is 11.3 Å². The molecule has 26 heavy (non-hydrogen) atoms. The summed E-state index contributed by atoms with van der Waals surface area (Å²) in [6.07, 6.45) is 0. The number of carbonyl (C=O) groups excluding carboxylic acids is 1. The average molecular weight is 385 g/mol. The first-order chi connectivity index (χ1) is 12.5. The van der Waals surface area contributed by atoms with Crippen LogP contribution >= 0.6 is 23.2 Å². The van der Waals surface area contributed by atoms with E-state index in [1.807, 2.05) is 12.1 Å². The molecule has 0 atom stereocenters. The Morgan fingerprint density at radius 1 is 0.885 bits per heavy atom. The number of esters is 1. The van der Waals surface area contributed by atoms with E-state index >= 15 is 0 Å². The van der Waals surface area contributed by atoms with Gasteiger partial charge in [-0.3, -0.25) is 0 Å². The molecule has 0 aliphatic carbocycles. The van der Waals surface area contributed by atoms with Crippen LogP contribution in [-0.4, -0.2) is 5.97 Å². The predicted molar refractivity (Wildman–Crippen MR) is 101 cm³/mol. The van der Waals surface area contributed by atoms with E-state index < -0.39 is 11.6 Å². The Bertz CT molecular complexity index is 1230. The molecule has 1 aromatic heterocycles. The topological polar surface area (TPSA) is 56.5 Å². The summed E-state index contributed by atoms with van der Waals surface area (Å²) in [5.74, 6) is -0.388. The van der Waals surface area contributed by atoms with E-state index in [0.717, 1.165) is 10.8 Å². The van der Waals surface area contributed by atoms with Gasteiger partial charge in [-0.15, -0.1) is 0 Å². The van der Waals surface area contributed by atoms with Crippen LogP contribution in [0.15, 0.2) is 69.9 Å². The van der Waals surface area contributed by atoms with Gasteiger partial charge in [0.15, 0.2) is 0 Å². The molecule has 0 spiro atoms. The van der Waals surface area contributed by atoms with E-state index in [1.165, 1.54) is 18.2 Å². The van der Waals surface area contributed by atoms with Crippen molar-refractivity contribution in [1.29, 1.82) is 0 Å². The van der Waals surface area contributed by atoms with E-state index in [1.54, 1.807) is 30.3 Å². The van der Waals surface area contributed by atoms with Crippen molar-refractivity contribution in [2.75, 3.05) is 0 Å². The second-order valence-electron chi connectivity index (χ2n) is 5.61. The highest BCUT2D eigenvalue weighted by Crippen LogP contribution is 2.27. The van der Waals surface area contributed by atoms with Gasteiger partial charge in [-0.2, -0.15) is 0 Å². The molecule has 0 unspecified atom stereocenters. The fourth-order valence-corrected chi connectivity index (χ4v) is 3.23. The number of halogens is 2. The van der Waals surface area contributed by atoms with Gasteiger partial charge in [0.25, 0.3) is 0 Å².